The van der Waals surface area contributed by atoms with E-state index in [-0.39, 0.29) is 6.03 Å². The van der Waals surface area contributed by atoms with E-state index < -0.39 is 0 Å². The summed E-state index contributed by atoms with van der Waals surface area (Å²) < 4.78 is 7.41. The first-order valence-electron chi connectivity index (χ1n) is 11.1. The molecular formula is C23H31N5O2. The van der Waals surface area contributed by atoms with Crippen LogP contribution in [0, 0.1) is 5.92 Å². The van der Waals surface area contributed by atoms with Crippen LogP contribution >= 0.6 is 0 Å². The maximum Gasteiger partial charge on any atom is 0.317 e. The monoisotopic (exact) mass is 409 g/mol. The summed E-state index contributed by atoms with van der Waals surface area (Å²) in [5.41, 5.74) is 3.56. The van der Waals surface area contributed by atoms with Gasteiger partial charge in [0.2, 0.25) is 0 Å². The van der Waals surface area contributed by atoms with Gasteiger partial charge in [0.1, 0.15) is 0 Å². The molecule has 0 aliphatic carbocycles. The Morgan fingerprint density at radius 3 is 2.73 bits per heavy atom. The average Bonchev–Trinajstić information content (AvgIpc) is 3.20. The van der Waals surface area contributed by atoms with Gasteiger partial charge >= 0.3 is 6.03 Å². The number of urea groups is 1. The standard InChI is InChI=1S/C23H31N5O2/c1-26-22(14-21(25-26)17-5-3-2-4-6-17)20-16-28-8-7-18(20)13-19(28)15-24-23(29)27-9-11-30-12-10-27/h2-6,14,18-20H,7-13,15-16H2,1H3,(H,24,29)/t18-,19+,20-/m0/s1. The number of amides is 2. The lowest BCUT2D eigenvalue weighted by Gasteiger charge is -2.50. The van der Waals surface area contributed by atoms with Crippen LogP contribution in [0.1, 0.15) is 24.5 Å². The molecule has 1 aromatic heterocycles. The molecule has 1 unspecified atom stereocenters. The number of fused-ring (bicyclic) bond motifs is 3. The van der Waals surface area contributed by atoms with Crippen LogP contribution in [0.15, 0.2) is 36.4 Å². The van der Waals surface area contributed by atoms with Crippen LogP contribution in [0.5, 0.6) is 0 Å². The van der Waals surface area contributed by atoms with Crippen LogP contribution in [0.3, 0.4) is 0 Å². The molecular weight excluding hydrogens is 378 g/mol. The molecule has 1 N–H and O–H groups in total. The molecule has 4 saturated heterocycles. The molecule has 4 aliphatic rings. The summed E-state index contributed by atoms with van der Waals surface area (Å²) in [6, 6.07) is 13.2. The van der Waals surface area contributed by atoms with Crippen molar-refractivity contribution in [1.29, 1.82) is 0 Å². The van der Waals surface area contributed by atoms with E-state index in [9.17, 15) is 4.79 Å². The first kappa shape index (κ1) is 19.6. The fourth-order valence-corrected chi connectivity index (χ4v) is 5.35. The molecule has 160 valence electrons. The quantitative estimate of drug-likeness (QED) is 0.842. The molecule has 1 aromatic carbocycles. The highest BCUT2D eigenvalue weighted by Crippen LogP contribution is 2.42. The lowest BCUT2D eigenvalue weighted by molar-refractivity contribution is 0.0265. The number of rotatable bonds is 4. The number of carbonyl (C=O) groups excluding carboxylic acids is 1. The summed E-state index contributed by atoms with van der Waals surface area (Å²) in [4.78, 5) is 16.9. The van der Waals surface area contributed by atoms with Crippen molar-refractivity contribution in [1.82, 2.24) is 24.9 Å². The Bertz CT molecular complexity index is 877. The van der Waals surface area contributed by atoms with Crippen molar-refractivity contribution < 1.29 is 9.53 Å². The van der Waals surface area contributed by atoms with Gasteiger partial charge in [-0.2, -0.15) is 5.10 Å². The molecule has 0 radical (unpaired) electrons. The van der Waals surface area contributed by atoms with Gasteiger partial charge in [-0.1, -0.05) is 30.3 Å². The number of nitrogens with zero attached hydrogens (tertiary/aromatic N) is 4. The molecule has 6 rings (SSSR count). The Morgan fingerprint density at radius 2 is 2.00 bits per heavy atom. The molecule has 7 nitrogen and oxygen atoms in total. The Kier molecular flexibility index (Phi) is 5.48. The molecule has 4 atom stereocenters. The van der Waals surface area contributed by atoms with Crippen molar-refractivity contribution >= 4 is 6.03 Å². The second-order valence-corrected chi connectivity index (χ2v) is 8.77. The lowest BCUT2D eigenvalue weighted by atomic mass is 9.74. The highest BCUT2D eigenvalue weighted by molar-refractivity contribution is 5.74. The Morgan fingerprint density at radius 1 is 1.20 bits per heavy atom. The third-order valence-corrected chi connectivity index (χ3v) is 7.03. The molecule has 2 aromatic rings. The number of piperidine rings is 3. The fourth-order valence-electron chi connectivity index (χ4n) is 5.35. The molecule has 2 amide bonds. The van der Waals surface area contributed by atoms with E-state index in [1.807, 2.05) is 11.0 Å². The van der Waals surface area contributed by atoms with E-state index in [1.54, 1.807) is 0 Å². The van der Waals surface area contributed by atoms with Crippen LogP contribution in [-0.4, -0.2) is 77.6 Å². The maximum absolute atomic E-state index is 12.4. The molecule has 5 heterocycles. The summed E-state index contributed by atoms with van der Waals surface area (Å²) in [5, 5.41) is 7.97. The number of hydrogen-bond acceptors (Lipinski definition) is 4. The van der Waals surface area contributed by atoms with Crippen molar-refractivity contribution in [2.24, 2.45) is 13.0 Å². The summed E-state index contributed by atoms with van der Waals surface area (Å²) >= 11 is 0. The average molecular weight is 410 g/mol. The van der Waals surface area contributed by atoms with Crippen LogP contribution < -0.4 is 5.32 Å². The third-order valence-electron chi connectivity index (χ3n) is 7.03. The van der Waals surface area contributed by atoms with Crippen molar-refractivity contribution in [2.75, 3.05) is 45.9 Å². The Balaban J connectivity index is 1.23. The molecule has 4 aliphatic heterocycles. The number of carbonyl (C=O) groups is 1. The molecule has 7 heteroatoms. The normalized spacial score (nSPS) is 28.5. The second-order valence-electron chi connectivity index (χ2n) is 8.77. The van der Waals surface area contributed by atoms with Gasteiger partial charge in [-0.3, -0.25) is 9.58 Å². The number of morpholine rings is 1. The van der Waals surface area contributed by atoms with Gasteiger partial charge in [0.15, 0.2) is 0 Å². The van der Waals surface area contributed by atoms with Gasteiger partial charge in [0.25, 0.3) is 0 Å². The van der Waals surface area contributed by atoms with Crippen LogP contribution in [0.4, 0.5) is 4.79 Å². The zero-order valence-corrected chi connectivity index (χ0v) is 17.7. The van der Waals surface area contributed by atoms with Gasteiger partial charge in [0, 0.05) is 56.4 Å². The zero-order valence-electron chi connectivity index (χ0n) is 17.7. The van der Waals surface area contributed by atoms with Crippen molar-refractivity contribution in [3.05, 3.63) is 42.1 Å². The van der Waals surface area contributed by atoms with Crippen LogP contribution in [0.25, 0.3) is 11.3 Å². The van der Waals surface area contributed by atoms with Crippen molar-refractivity contribution in [3.63, 3.8) is 0 Å². The molecule has 30 heavy (non-hydrogen) atoms. The Hall–Kier alpha value is -2.38. The van der Waals surface area contributed by atoms with Gasteiger partial charge < -0.3 is 15.0 Å². The van der Waals surface area contributed by atoms with E-state index in [2.05, 4.69) is 52.3 Å². The summed E-state index contributed by atoms with van der Waals surface area (Å²) in [6.45, 7) is 5.58. The minimum Gasteiger partial charge on any atom is -0.378 e. The predicted octanol–water partition coefficient (Wildman–Crippen LogP) is 2.31. The SMILES string of the molecule is Cn1nc(-c2ccccc2)cc1[C@H]1CN2CC[C@H]1C[C@@H]2CNC(=O)N1CCOCC1. The van der Waals surface area contributed by atoms with Gasteiger partial charge in [-0.25, -0.2) is 4.79 Å². The second kappa shape index (κ2) is 8.40. The minimum atomic E-state index is 0.0524. The molecule has 0 spiro atoms. The zero-order chi connectivity index (χ0) is 20.5. The third kappa shape index (κ3) is 3.84. The first-order valence-corrected chi connectivity index (χ1v) is 11.1. The summed E-state index contributed by atoms with van der Waals surface area (Å²) in [5.74, 6) is 1.17. The minimum absolute atomic E-state index is 0.0524. The van der Waals surface area contributed by atoms with Gasteiger partial charge in [0.05, 0.1) is 18.9 Å². The topological polar surface area (TPSA) is 62.6 Å². The largest absolute Gasteiger partial charge is 0.378 e. The number of benzene rings is 1. The van der Waals surface area contributed by atoms with Crippen molar-refractivity contribution in [3.8, 4) is 11.3 Å². The van der Waals surface area contributed by atoms with E-state index >= 15 is 0 Å². The highest BCUT2D eigenvalue weighted by atomic mass is 16.5. The first-order chi connectivity index (χ1) is 14.7. The summed E-state index contributed by atoms with van der Waals surface area (Å²) in [6.07, 6.45) is 2.37. The fraction of sp³-hybridized carbons (Fsp3) is 0.565. The van der Waals surface area contributed by atoms with Gasteiger partial charge in [-0.15, -0.1) is 0 Å². The van der Waals surface area contributed by atoms with E-state index in [4.69, 9.17) is 9.84 Å². The Labute approximate surface area is 178 Å². The van der Waals surface area contributed by atoms with Gasteiger partial charge in [-0.05, 0) is 31.4 Å². The lowest BCUT2D eigenvalue weighted by Crippen LogP contribution is -2.57. The molecule has 0 saturated carbocycles. The van der Waals surface area contributed by atoms with Crippen LogP contribution in [-0.2, 0) is 11.8 Å². The van der Waals surface area contributed by atoms with E-state index in [0.29, 0.717) is 44.2 Å². The number of aryl methyl sites for hydroxylation is 1. The van der Waals surface area contributed by atoms with Crippen molar-refractivity contribution in [2.45, 2.75) is 24.8 Å². The maximum atomic E-state index is 12.4. The number of nitrogens with one attached hydrogen (secondary N) is 1. The predicted molar refractivity (Wildman–Crippen MR) is 115 cm³/mol. The van der Waals surface area contributed by atoms with E-state index in [1.165, 1.54) is 17.7 Å². The van der Waals surface area contributed by atoms with E-state index in [0.717, 1.165) is 31.7 Å². The number of aromatic nitrogens is 2. The summed E-state index contributed by atoms with van der Waals surface area (Å²) in [7, 11) is 2.07. The molecule has 4 fully saturated rings. The van der Waals surface area contributed by atoms with Crippen LogP contribution in [0.2, 0.25) is 0 Å². The smallest absolute Gasteiger partial charge is 0.317 e. The number of ether oxygens (including phenoxy) is 1. The molecule has 2 bridgehead atoms. The number of hydrogen-bond donors (Lipinski definition) is 1. The highest BCUT2D eigenvalue weighted by Gasteiger charge is 2.42.